The molecule has 1 saturated carbocycles. The molecular formula is C16H27N3O2. The van der Waals surface area contributed by atoms with Crippen LogP contribution in [-0.2, 0) is 9.59 Å². The minimum Gasteiger partial charge on any atom is -0.347 e. The second kappa shape index (κ2) is 5.95. The van der Waals surface area contributed by atoms with Crippen molar-refractivity contribution in [2.45, 2.75) is 39.0 Å². The molecule has 2 saturated heterocycles. The zero-order chi connectivity index (χ0) is 14.9. The van der Waals surface area contributed by atoms with Gasteiger partial charge in [0.05, 0.1) is 6.54 Å². The number of likely N-dealkylation sites (tertiary alicyclic amines) is 2. The fraction of sp³-hybridized carbons (Fsp3) is 0.875. The van der Waals surface area contributed by atoms with Crippen LogP contribution >= 0.6 is 0 Å². The molecule has 5 heteroatoms. The van der Waals surface area contributed by atoms with Crippen LogP contribution < -0.4 is 5.32 Å². The van der Waals surface area contributed by atoms with Gasteiger partial charge in [-0.2, -0.15) is 0 Å². The third kappa shape index (κ3) is 3.76. The summed E-state index contributed by atoms with van der Waals surface area (Å²) in [6.07, 6.45) is 6.45. The minimum atomic E-state index is -0.134. The Hall–Kier alpha value is -1.10. The van der Waals surface area contributed by atoms with Gasteiger partial charge < -0.3 is 15.1 Å². The van der Waals surface area contributed by atoms with Crippen LogP contribution in [0.25, 0.3) is 0 Å². The Bertz CT molecular complexity index is 422. The van der Waals surface area contributed by atoms with Gasteiger partial charge in [0.15, 0.2) is 0 Å². The molecule has 2 amide bonds. The summed E-state index contributed by atoms with van der Waals surface area (Å²) < 4.78 is 0. The molecule has 2 heterocycles. The minimum absolute atomic E-state index is 0.0707. The summed E-state index contributed by atoms with van der Waals surface area (Å²) in [7, 11) is 0. The fourth-order valence-corrected chi connectivity index (χ4v) is 3.92. The predicted octanol–water partition coefficient (Wildman–Crippen LogP) is 0.847. The standard InChI is InChI=1S/C16H27N3O2/c1-13(20)17-9-15(21)19-8-6-16(12-19)5-2-7-18(11-16)10-14-3-4-14/h14H,2-12H2,1H3,(H,17,20)/t16-/m0/s1. The highest BCUT2D eigenvalue weighted by Gasteiger charge is 2.43. The number of nitrogens with one attached hydrogen (secondary N) is 1. The monoisotopic (exact) mass is 293 g/mol. The Morgan fingerprint density at radius 2 is 2.00 bits per heavy atom. The second-order valence-electron chi connectivity index (χ2n) is 7.26. The van der Waals surface area contributed by atoms with Crippen LogP contribution in [0.2, 0.25) is 0 Å². The zero-order valence-electron chi connectivity index (χ0n) is 13.1. The highest BCUT2D eigenvalue weighted by atomic mass is 16.2. The first kappa shape index (κ1) is 14.8. The van der Waals surface area contributed by atoms with Crippen LogP contribution in [0, 0.1) is 11.3 Å². The van der Waals surface area contributed by atoms with Gasteiger partial charge >= 0.3 is 0 Å². The number of hydrogen-bond donors (Lipinski definition) is 1. The number of carbonyl (C=O) groups excluding carboxylic acids is 2. The predicted molar refractivity (Wildman–Crippen MR) is 80.7 cm³/mol. The van der Waals surface area contributed by atoms with Crippen molar-refractivity contribution in [1.29, 1.82) is 0 Å². The van der Waals surface area contributed by atoms with Crippen molar-refractivity contribution in [2.75, 3.05) is 39.3 Å². The van der Waals surface area contributed by atoms with Crippen LogP contribution in [-0.4, -0.2) is 60.9 Å². The van der Waals surface area contributed by atoms with Crippen LogP contribution in [0.3, 0.4) is 0 Å². The Kier molecular flexibility index (Phi) is 4.20. The molecule has 3 rings (SSSR count). The van der Waals surface area contributed by atoms with Gasteiger partial charge in [-0.05, 0) is 44.6 Å². The molecule has 2 aliphatic heterocycles. The molecular weight excluding hydrogens is 266 g/mol. The zero-order valence-corrected chi connectivity index (χ0v) is 13.1. The van der Waals surface area contributed by atoms with Gasteiger partial charge in [-0.25, -0.2) is 0 Å². The first-order chi connectivity index (χ1) is 10.1. The Balaban J connectivity index is 1.51. The van der Waals surface area contributed by atoms with Crippen molar-refractivity contribution in [2.24, 2.45) is 11.3 Å². The molecule has 3 fully saturated rings. The molecule has 1 aliphatic carbocycles. The van der Waals surface area contributed by atoms with E-state index in [4.69, 9.17) is 0 Å². The first-order valence-corrected chi connectivity index (χ1v) is 8.31. The average Bonchev–Trinajstić information content (AvgIpc) is 3.17. The fourth-order valence-electron chi connectivity index (χ4n) is 3.92. The molecule has 118 valence electrons. The van der Waals surface area contributed by atoms with Crippen molar-refractivity contribution in [3.8, 4) is 0 Å². The third-order valence-electron chi connectivity index (χ3n) is 5.23. The van der Waals surface area contributed by atoms with Gasteiger partial charge in [0.1, 0.15) is 0 Å². The number of hydrogen-bond acceptors (Lipinski definition) is 3. The van der Waals surface area contributed by atoms with E-state index < -0.39 is 0 Å². The molecule has 21 heavy (non-hydrogen) atoms. The van der Waals surface area contributed by atoms with Crippen LogP contribution in [0.1, 0.15) is 39.0 Å². The average molecular weight is 293 g/mol. The number of piperidine rings is 1. The SMILES string of the molecule is CC(=O)NCC(=O)N1CC[C@]2(CCCN(CC3CC3)C2)C1. The summed E-state index contributed by atoms with van der Waals surface area (Å²) in [5.74, 6) is 0.881. The summed E-state index contributed by atoms with van der Waals surface area (Å²) >= 11 is 0. The van der Waals surface area contributed by atoms with Crippen molar-refractivity contribution in [1.82, 2.24) is 15.1 Å². The van der Waals surface area contributed by atoms with E-state index in [0.29, 0.717) is 5.41 Å². The largest absolute Gasteiger partial charge is 0.347 e. The number of rotatable bonds is 4. The summed E-state index contributed by atoms with van der Waals surface area (Å²) in [6.45, 7) is 7.00. The van der Waals surface area contributed by atoms with E-state index >= 15 is 0 Å². The number of nitrogens with zero attached hydrogens (tertiary/aromatic N) is 2. The number of carbonyl (C=O) groups is 2. The Morgan fingerprint density at radius 1 is 1.19 bits per heavy atom. The van der Waals surface area contributed by atoms with E-state index in [1.807, 2.05) is 4.90 Å². The highest BCUT2D eigenvalue weighted by molar-refractivity contribution is 5.83. The van der Waals surface area contributed by atoms with Crippen LogP contribution in [0.4, 0.5) is 0 Å². The smallest absolute Gasteiger partial charge is 0.241 e. The van der Waals surface area contributed by atoms with Gasteiger partial charge in [0.2, 0.25) is 11.8 Å². The van der Waals surface area contributed by atoms with Crippen molar-refractivity contribution >= 4 is 11.8 Å². The summed E-state index contributed by atoms with van der Waals surface area (Å²) in [5, 5.41) is 2.62. The lowest BCUT2D eigenvalue weighted by Crippen LogP contribution is -2.46. The highest BCUT2D eigenvalue weighted by Crippen LogP contribution is 2.40. The molecule has 0 aromatic carbocycles. The molecule has 0 aromatic rings. The summed E-state index contributed by atoms with van der Waals surface area (Å²) in [6, 6.07) is 0. The number of amides is 2. The molecule has 0 radical (unpaired) electrons. The maximum atomic E-state index is 12.1. The molecule has 1 atom stereocenters. The van der Waals surface area contributed by atoms with Crippen LogP contribution in [0.5, 0.6) is 0 Å². The summed E-state index contributed by atoms with van der Waals surface area (Å²) in [5.41, 5.74) is 0.318. The van der Waals surface area contributed by atoms with E-state index in [2.05, 4.69) is 10.2 Å². The Morgan fingerprint density at radius 3 is 2.71 bits per heavy atom. The lowest BCUT2D eigenvalue weighted by Gasteiger charge is -2.40. The molecule has 0 unspecified atom stereocenters. The molecule has 0 bridgehead atoms. The molecule has 1 spiro atoms. The maximum absolute atomic E-state index is 12.1. The molecule has 3 aliphatic rings. The molecule has 5 nitrogen and oxygen atoms in total. The van der Waals surface area contributed by atoms with E-state index in [1.165, 1.54) is 45.7 Å². The van der Waals surface area contributed by atoms with E-state index in [1.54, 1.807) is 0 Å². The van der Waals surface area contributed by atoms with E-state index in [-0.39, 0.29) is 18.4 Å². The molecule has 1 N–H and O–H groups in total. The first-order valence-electron chi connectivity index (χ1n) is 8.31. The van der Waals surface area contributed by atoms with Crippen LogP contribution in [0.15, 0.2) is 0 Å². The quantitative estimate of drug-likeness (QED) is 0.836. The second-order valence-corrected chi connectivity index (χ2v) is 7.26. The van der Waals surface area contributed by atoms with Crippen molar-refractivity contribution in [3.63, 3.8) is 0 Å². The maximum Gasteiger partial charge on any atom is 0.241 e. The van der Waals surface area contributed by atoms with E-state index in [9.17, 15) is 9.59 Å². The van der Waals surface area contributed by atoms with Gasteiger partial charge in [-0.3, -0.25) is 9.59 Å². The van der Waals surface area contributed by atoms with Gasteiger partial charge in [0, 0.05) is 38.5 Å². The van der Waals surface area contributed by atoms with Crippen molar-refractivity contribution in [3.05, 3.63) is 0 Å². The normalized spacial score (nSPS) is 29.9. The Labute approximate surface area is 127 Å². The summed E-state index contributed by atoms with van der Waals surface area (Å²) in [4.78, 5) is 27.6. The van der Waals surface area contributed by atoms with Gasteiger partial charge in [0.25, 0.3) is 0 Å². The topological polar surface area (TPSA) is 52.7 Å². The van der Waals surface area contributed by atoms with E-state index in [0.717, 1.165) is 32.0 Å². The van der Waals surface area contributed by atoms with Gasteiger partial charge in [-0.15, -0.1) is 0 Å². The molecule has 0 aromatic heterocycles. The van der Waals surface area contributed by atoms with Crippen molar-refractivity contribution < 1.29 is 9.59 Å². The lowest BCUT2D eigenvalue weighted by molar-refractivity contribution is -0.132. The lowest BCUT2D eigenvalue weighted by atomic mass is 9.79. The van der Waals surface area contributed by atoms with Gasteiger partial charge in [-0.1, -0.05) is 0 Å². The third-order valence-corrected chi connectivity index (χ3v) is 5.23.